The Morgan fingerprint density at radius 2 is 2.00 bits per heavy atom. The first kappa shape index (κ1) is 16.5. The maximum atomic E-state index is 11.9. The number of benzene rings is 1. The molecule has 0 fully saturated rings. The average molecular weight is 280 g/mol. The predicted molar refractivity (Wildman–Crippen MR) is 80.2 cm³/mol. The molecule has 112 valence electrons. The molecule has 5 nitrogen and oxygen atoms in total. The number of hydrogen-bond donors (Lipinski definition) is 1. The molecule has 0 aliphatic rings. The molecule has 20 heavy (non-hydrogen) atoms. The average Bonchev–Trinajstić information content (AvgIpc) is 2.45. The summed E-state index contributed by atoms with van der Waals surface area (Å²) in [4.78, 5) is 14.0. The Bertz CT molecular complexity index is 406. The summed E-state index contributed by atoms with van der Waals surface area (Å²) in [6, 6.07) is 7.38. The molecule has 1 rings (SSSR count). The minimum atomic E-state index is -0.0114. The van der Waals surface area contributed by atoms with Crippen LogP contribution in [-0.4, -0.2) is 50.8 Å². The number of hydrogen-bond acceptors (Lipinski definition) is 4. The Kier molecular flexibility index (Phi) is 7.69. The molecule has 5 heteroatoms. The number of rotatable bonds is 9. The summed E-state index contributed by atoms with van der Waals surface area (Å²) >= 11 is 0. The molecule has 0 saturated carbocycles. The van der Waals surface area contributed by atoms with E-state index in [4.69, 9.17) is 9.47 Å². The predicted octanol–water partition coefficient (Wildman–Crippen LogP) is 1.99. The van der Waals surface area contributed by atoms with Crippen LogP contribution in [-0.2, 0) is 9.53 Å². The number of nitrogens with one attached hydrogen (secondary N) is 1. The summed E-state index contributed by atoms with van der Waals surface area (Å²) in [5.74, 6) is 0.713. The van der Waals surface area contributed by atoms with E-state index in [0.717, 1.165) is 24.5 Å². The molecule has 1 aromatic carbocycles. The molecule has 1 N–H and O–H groups in total. The fraction of sp³-hybridized carbons (Fsp3) is 0.533. The zero-order valence-electron chi connectivity index (χ0n) is 12.5. The van der Waals surface area contributed by atoms with Crippen molar-refractivity contribution in [3.8, 4) is 5.75 Å². The second-order valence-corrected chi connectivity index (χ2v) is 4.38. The highest BCUT2D eigenvalue weighted by molar-refractivity contribution is 5.92. The Balaban J connectivity index is 2.50. The van der Waals surface area contributed by atoms with Crippen molar-refractivity contribution in [1.29, 1.82) is 0 Å². The van der Waals surface area contributed by atoms with Gasteiger partial charge in [0, 0.05) is 18.9 Å². The summed E-state index contributed by atoms with van der Waals surface area (Å²) in [5.41, 5.74) is 0.747. The molecule has 0 saturated heterocycles. The molecule has 0 atom stereocenters. The molecule has 0 aliphatic heterocycles. The van der Waals surface area contributed by atoms with Gasteiger partial charge in [-0.2, -0.15) is 0 Å². The first-order valence-electron chi connectivity index (χ1n) is 6.93. The van der Waals surface area contributed by atoms with Gasteiger partial charge in [-0.05, 0) is 25.2 Å². The van der Waals surface area contributed by atoms with Gasteiger partial charge in [-0.3, -0.25) is 9.69 Å². The van der Waals surface area contributed by atoms with E-state index in [1.807, 2.05) is 38.1 Å². The standard InChI is InChI=1S/C15H24N2O3/c1-4-17(5-2)12-15(18)16-13-7-6-8-14(11-13)20-10-9-19-3/h6-8,11H,4-5,9-10,12H2,1-3H3,(H,16,18). The van der Waals surface area contributed by atoms with E-state index < -0.39 is 0 Å². The second-order valence-electron chi connectivity index (χ2n) is 4.38. The van der Waals surface area contributed by atoms with Crippen molar-refractivity contribution in [3.63, 3.8) is 0 Å². The lowest BCUT2D eigenvalue weighted by Gasteiger charge is -2.17. The highest BCUT2D eigenvalue weighted by Gasteiger charge is 2.07. The van der Waals surface area contributed by atoms with Gasteiger partial charge in [0.15, 0.2) is 0 Å². The van der Waals surface area contributed by atoms with Crippen LogP contribution >= 0.6 is 0 Å². The van der Waals surface area contributed by atoms with E-state index in [9.17, 15) is 4.79 Å². The molecular formula is C15H24N2O3. The maximum absolute atomic E-state index is 11.9. The van der Waals surface area contributed by atoms with E-state index in [1.165, 1.54) is 0 Å². The van der Waals surface area contributed by atoms with E-state index >= 15 is 0 Å². The summed E-state index contributed by atoms with van der Waals surface area (Å²) in [5, 5.41) is 2.88. The lowest BCUT2D eigenvalue weighted by molar-refractivity contribution is -0.117. The van der Waals surface area contributed by atoms with Gasteiger partial charge < -0.3 is 14.8 Å². The molecule has 0 spiro atoms. The quantitative estimate of drug-likeness (QED) is 0.703. The number of likely N-dealkylation sites (N-methyl/N-ethyl adjacent to an activating group) is 1. The number of amides is 1. The highest BCUT2D eigenvalue weighted by Crippen LogP contribution is 2.17. The van der Waals surface area contributed by atoms with Gasteiger partial charge in [-0.1, -0.05) is 19.9 Å². The van der Waals surface area contributed by atoms with Crippen LogP contribution in [0.25, 0.3) is 0 Å². The van der Waals surface area contributed by atoms with Crippen molar-refractivity contribution < 1.29 is 14.3 Å². The number of ether oxygens (including phenoxy) is 2. The molecule has 0 aromatic heterocycles. The Morgan fingerprint density at radius 1 is 1.25 bits per heavy atom. The maximum Gasteiger partial charge on any atom is 0.238 e. The van der Waals surface area contributed by atoms with Gasteiger partial charge in [-0.15, -0.1) is 0 Å². The Morgan fingerprint density at radius 3 is 2.65 bits per heavy atom. The second kappa shape index (κ2) is 9.34. The lowest BCUT2D eigenvalue weighted by atomic mass is 10.3. The van der Waals surface area contributed by atoms with Gasteiger partial charge >= 0.3 is 0 Å². The topological polar surface area (TPSA) is 50.8 Å². The highest BCUT2D eigenvalue weighted by atomic mass is 16.5. The zero-order chi connectivity index (χ0) is 14.8. The van der Waals surface area contributed by atoms with Gasteiger partial charge in [-0.25, -0.2) is 0 Å². The first-order chi connectivity index (χ1) is 9.69. The summed E-state index contributed by atoms with van der Waals surface area (Å²) in [7, 11) is 1.63. The van der Waals surface area contributed by atoms with Crippen LogP contribution in [0.1, 0.15) is 13.8 Å². The van der Waals surface area contributed by atoms with Gasteiger partial charge in [0.2, 0.25) is 5.91 Å². The van der Waals surface area contributed by atoms with Crippen molar-refractivity contribution in [3.05, 3.63) is 24.3 Å². The molecule has 0 bridgehead atoms. The minimum Gasteiger partial charge on any atom is -0.491 e. The van der Waals surface area contributed by atoms with Crippen molar-refractivity contribution in [2.75, 3.05) is 45.3 Å². The Labute approximate surface area is 120 Å². The third-order valence-corrected chi connectivity index (χ3v) is 2.94. The van der Waals surface area contributed by atoms with Crippen LogP contribution in [0.4, 0.5) is 5.69 Å². The molecule has 1 aromatic rings. The van der Waals surface area contributed by atoms with Crippen LogP contribution in [0.2, 0.25) is 0 Å². The third-order valence-electron chi connectivity index (χ3n) is 2.94. The van der Waals surface area contributed by atoms with E-state index in [0.29, 0.717) is 19.8 Å². The minimum absolute atomic E-state index is 0.0114. The molecule has 1 amide bonds. The van der Waals surface area contributed by atoms with Gasteiger partial charge in [0.25, 0.3) is 0 Å². The molecule has 0 radical (unpaired) electrons. The van der Waals surface area contributed by atoms with E-state index in [-0.39, 0.29) is 5.91 Å². The number of carbonyl (C=O) groups is 1. The van der Waals surface area contributed by atoms with E-state index in [1.54, 1.807) is 7.11 Å². The van der Waals surface area contributed by atoms with E-state index in [2.05, 4.69) is 10.2 Å². The monoisotopic (exact) mass is 280 g/mol. The van der Waals surface area contributed by atoms with Gasteiger partial charge in [0.05, 0.1) is 13.2 Å². The first-order valence-corrected chi connectivity index (χ1v) is 6.93. The van der Waals surface area contributed by atoms with Gasteiger partial charge in [0.1, 0.15) is 12.4 Å². The number of anilines is 1. The fourth-order valence-corrected chi connectivity index (χ4v) is 1.76. The van der Waals surface area contributed by atoms with Crippen LogP contribution in [0.5, 0.6) is 5.75 Å². The molecule has 0 heterocycles. The molecule has 0 unspecified atom stereocenters. The van der Waals surface area contributed by atoms with Crippen molar-refractivity contribution in [2.24, 2.45) is 0 Å². The number of methoxy groups -OCH3 is 1. The van der Waals surface area contributed by atoms with Crippen molar-refractivity contribution >= 4 is 11.6 Å². The van der Waals surface area contributed by atoms with Crippen LogP contribution in [0.3, 0.4) is 0 Å². The third kappa shape index (κ3) is 6.04. The van der Waals surface area contributed by atoms with Crippen LogP contribution < -0.4 is 10.1 Å². The number of carbonyl (C=O) groups excluding carboxylic acids is 1. The largest absolute Gasteiger partial charge is 0.491 e. The SMILES string of the molecule is CCN(CC)CC(=O)Nc1cccc(OCCOC)c1. The Hall–Kier alpha value is -1.59. The van der Waals surface area contributed by atoms with Crippen molar-refractivity contribution in [1.82, 2.24) is 4.90 Å². The summed E-state index contributed by atoms with van der Waals surface area (Å²) in [6.07, 6.45) is 0. The van der Waals surface area contributed by atoms with Crippen molar-refractivity contribution in [2.45, 2.75) is 13.8 Å². The lowest BCUT2D eigenvalue weighted by Crippen LogP contribution is -2.32. The van der Waals surface area contributed by atoms with Crippen LogP contribution in [0, 0.1) is 0 Å². The summed E-state index contributed by atoms with van der Waals surface area (Å²) < 4.78 is 10.4. The normalized spacial score (nSPS) is 10.6. The number of nitrogens with zero attached hydrogens (tertiary/aromatic N) is 1. The van der Waals surface area contributed by atoms with Crippen LogP contribution in [0.15, 0.2) is 24.3 Å². The molecular weight excluding hydrogens is 256 g/mol. The smallest absolute Gasteiger partial charge is 0.238 e. The summed E-state index contributed by atoms with van der Waals surface area (Å²) in [6.45, 7) is 7.25. The molecule has 0 aliphatic carbocycles. The fourth-order valence-electron chi connectivity index (χ4n) is 1.76. The zero-order valence-corrected chi connectivity index (χ0v) is 12.5.